The van der Waals surface area contributed by atoms with Crippen molar-refractivity contribution >= 4 is 23.3 Å². The fourth-order valence-electron chi connectivity index (χ4n) is 3.36. The van der Waals surface area contributed by atoms with Crippen molar-refractivity contribution in [2.24, 2.45) is 0 Å². The number of allylic oxidation sites excluding steroid dienone is 1. The molecular formula is C26H27OP. The minimum absolute atomic E-state index is 0.780. The molecule has 0 bridgehead atoms. The minimum atomic E-state index is -2.95. The second-order valence-electron chi connectivity index (χ2n) is 6.95. The molecule has 3 aromatic carbocycles. The van der Waals surface area contributed by atoms with Crippen molar-refractivity contribution < 1.29 is 4.57 Å². The van der Waals surface area contributed by atoms with Crippen molar-refractivity contribution in [3.63, 3.8) is 0 Å². The molecule has 0 fully saturated rings. The second kappa shape index (κ2) is 9.56. The lowest BCUT2D eigenvalue weighted by Crippen LogP contribution is -2.17. The lowest BCUT2D eigenvalue weighted by atomic mass is 10.1. The van der Waals surface area contributed by atoms with E-state index in [1.54, 1.807) is 0 Å². The molecule has 0 unspecified atom stereocenters. The maximum atomic E-state index is 14.7. The normalized spacial score (nSPS) is 10.9. The molecule has 2 heteroatoms. The predicted octanol–water partition coefficient (Wildman–Crippen LogP) is 6.78. The number of hydrogen-bond acceptors (Lipinski definition) is 1. The zero-order valence-electron chi connectivity index (χ0n) is 16.6. The summed E-state index contributed by atoms with van der Waals surface area (Å²) in [5, 5.41) is 2.66. The minimum Gasteiger partial charge on any atom is -0.308 e. The Balaban J connectivity index is 2.27. The maximum absolute atomic E-state index is 14.7. The van der Waals surface area contributed by atoms with Crippen LogP contribution in [0, 0.1) is 0 Å². The number of hydrogen-bond donors (Lipinski definition) is 0. The van der Waals surface area contributed by atoms with Gasteiger partial charge < -0.3 is 4.57 Å². The summed E-state index contributed by atoms with van der Waals surface area (Å²) in [6, 6.07) is 30.0. The molecule has 0 saturated heterocycles. The van der Waals surface area contributed by atoms with E-state index in [1.165, 1.54) is 0 Å². The van der Waals surface area contributed by atoms with Crippen molar-refractivity contribution in [1.29, 1.82) is 0 Å². The molecule has 1 nitrogen and oxygen atoms in total. The summed E-state index contributed by atoms with van der Waals surface area (Å²) < 4.78 is 14.7. The smallest absolute Gasteiger partial charge is 0.174 e. The van der Waals surface area contributed by atoms with E-state index in [-0.39, 0.29) is 0 Å². The average molecular weight is 386 g/mol. The van der Waals surface area contributed by atoms with Crippen LogP contribution < -0.4 is 10.6 Å². The van der Waals surface area contributed by atoms with Gasteiger partial charge in [0.25, 0.3) is 0 Å². The quantitative estimate of drug-likeness (QED) is 0.323. The zero-order valence-corrected chi connectivity index (χ0v) is 17.5. The van der Waals surface area contributed by atoms with Crippen LogP contribution in [0.3, 0.4) is 0 Å². The Bertz CT molecular complexity index is 955. The topological polar surface area (TPSA) is 17.1 Å². The van der Waals surface area contributed by atoms with Gasteiger partial charge in [0.1, 0.15) is 0 Å². The molecule has 0 aliphatic heterocycles. The summed E-state index contributed by atoms with van der Waals surface area (Å²) in [5.41, 5.74) is 5.72. The first-order valence-electron chi connectivity index (χ1n) is 9.90. The fourth-order valence-corrected chi connectivity index (χ4v) is 6.26. The Morgan fingerprint density at radius 1 is 0.786 bits per heavy atom. The van der Waals surface area contributed by atoms with Crippen LogP contribution in [0.25, 0.3) is 5.57 Å². The maximum Gasteiger partial charge on any atom is 0.174 e. The van der Waals surface area contributed by atoms with Crippen LogP contribution >= 0.6 is 7.14 Å². The van der Waals surface area contributed by atoms with Gasteiger partial charge in [0, 0.05) is 15.9 Å². The number of rotatable bonds is 7. The molecule has 0 aliphatic rings. The first kappa shape index (κ1) is 20.2. The molecule has 0 radical (unpaired) electrons. The monoisotopic (exact) mass is 386 g/mol. The van der Waals surface area contributed by atoms with Crippen LogP contribution in [0.5, 0.6) is 0 Å². The van der Waals surface area contributed by atoms with Gasteiger partial charge in [0.15, 0.2) is 7.14 Å². The summed E-state index contributed by atoms with van der Waals surface area (Å²) in [5.74, 6) is 0. The van der Waals surface area contributed by atoms with Crippen LogP contribution in [0.4, 0.5) is 0 Å². The summed E-state index contributed by atoms with van der Waals surface area (Å²) in [7, 11) is -2.95. The molecule has 28 heavy (non-hydrogen) atoms. The van der Waals surface area contributed by atoms with Gasteiger partial charge in [-0.3, -0.25) is 0 Å². The van der Waals surface area contributed by atoms with Gasteiger partial charge in [-0.25, -0.2) is 0 Å². The molecule has 3 aromatic rings. The Kier molecular flexibility index (Phi) is 6.88. The van der Waals surface area contributed by atoms with E-state index in [2.05, 4.69) is 31.7 Å². The SMILES string of the molecule is CCCCC(=C=C(C)c1ccccc1)P(=O)(c1ccccc1)c1ccccc1. The van der Waals surface area contributed by atoms with Crippen LogP contribution in [-0.2, 0) is 4.57 Å². The number of benzene rings is 3. The van der Waals surface area contributed by atoms with Crippen molar-refractivity contribution in [2.45, 2.75) is 33.1 Å². The summed E-state index contributed by atoms with van der Waals surface area (Å²) >= 11 is 0. The molecule has 142 valence electrons. The van der Waals surface area contributed by atoms with Crippen LogP contribution in [0.2, 0.25) is 0 Å². The molecule has 0 spiro atoms. The summed E-state index contributed by atoms with van der Waals surface area (Å²) in [6.07, 6.45) is 2.83. The van der Waals surface area contributed by atoms with Gasteiger partial charge in [0.2, 0.25) is 0 Å². The molecule has 0 N–H and O–H groups in total. The molecule has 0 heterocycles. The Morgan fingerprint density at radius 3 is 1.71 bits per heavy atom. The largest absolute Gasteiger partial charge is 0.308 e. The molecular weight excluding hydrogens is 359 g/mol. The summed E-state index contributed by atoms with van der Waals surface area (Å²) in [4.78, 5) is 0. The van der Waals surface area contributed by atoms with Crippen LogP contribution in [0.15, 0.2) is 102 Å². The van der Waals surface area contributed by atoms with Crippen molar-refractivity contribution in [2.75, 3.05) is 0 Å². The molecule has 0 aliphatic carbocycles. The molecule has 0 aromatic heterocycles. The van der Waals surface area contributed by atoms with E-state index in [9.17, 15) is 4.57 Å². The van der Waals surface area contributed by atoms with Gasteiger partial charge in [-0.15, -0.1) is 5.73 Å². The predicted molar refractivity (Wildman–Crippen MR) is 122 cm³/mol. The third kappa shape index (κ3) is 4.45. The molecule has 0 saturated carbocycles. The third-order valence-electron chi connectivity index (χ3n) is 4.93. The number of unbranched alkanes of at least 4 members (excludes halogenated alkanes) is 1. The first-order chi connectivity index (χ1) is 13.7. The highest BCUT2D eigenvalue weighted by Gasteiger charge is 2.31. The highest BCUT2D eigenvalue weighted by atomic mass is 31.2. The van der Waals surface area contributed by atoms with Gasteiger partial charge >= 0.3 is 0 Å². The van der Waals surface area contributed by atoms with Crippen molar-refractivity contribution in [3.05, 3.63) is 108 Å². The van der Waals surface area contributed by atoms with Gasteiger partial charge in [0.05, 0.1) is 0 Å². The van der Waals surface area contributed by atoms with E-state index in [0.29, 0.717) is 0 Å². The van der Waals surface area contributed by atoms with E-state index in [4.69, 9.17) is 0 Å². The molecule has 0 atom stereocenters. The fraction of sp³-hybridized carbons (Fsp3) is 0.192. The highest BCUT2D eigenvalue weighted by Crippen LogP contribution is 2.53. The van der Waals surface area contributed by atoms with Gasteiger partial charge in [-0.1, -0.05) is 104 Å². The Morgan fingerprint density at radius 2 is 1.25 bits per heavy atom. The lowest BCUT2D eigenvalue weighted by Gasteiger charge is -2.21. The second-order valence-corrected chi connectivity index (χ2v) is 9.74. The summed E-state index contributed by atoms with van der Waals surface area (Å²) in [6.45, 7) is 4.23. The van der Waals surface area contributed by atoms with Crippen molar-refractivity contribution in [3.8, 4) is 0 Å². The molecule has 3 rings (SSSR count). The Hall–Kier alpha value is -2.59. The van der Waals surface area contributed by atoms with E-state index >= 15 is 0 Å². The van der Waals surface area contributed by atoms with E-state index < -0.39 is 7.14 Å². The average Bonchev–Trinajstić information content (AvgIpc) is 2.77. The van der Waals surface area contributed by atoms with Crippen LogP contribution in [-0.4, -0.2) is 0 Å². The van der Waals surface area contributed by atoms with E-state index in [0.717, 1.165) is 46.3 Å². The highest BCUT2D eigenvalue weighted by molar-refractivity contribution is 7.82. The standard InChI is InChI=1S/C26H27OP/c1-3-4-16-26(21-22(2)23-14-8-5-9-15-23)28(27,24-17-10-6-11-18-24)25-19-12-7-13-20-25/h5-15,17-20H,3-4,16H2,1-2H3. The van der Waals surface area contributed by atoms with E-state index in [1.807, 2.05) is 78.9 Å². The third-order valence-corrected chi connectivity index (χ3v) is 8.07. The van der Waals surface area contributed by atoms with Crippen LogP contribution in [0.1, 0.15) is 38.7 Å². The molecule has 0 amide bonds. The van der Waals surface area contributed by atoms with Crippen molar-refractivity contribution in [1.82, 2.24) is 0 Å². The zero-order chi connectivity index (χ0) is 19.8. The lowest BCUT2D eigenvalue weighted by molar-refractivity contribution is 0.589. The van der Waals surface area contributed by atoms with Gasteiger partial charge in [-0.2, -0.15) is 0 Å². The first-order valence-corrected chi connectivity index (χ1v) is 11.6. The van der Waals surface area contributed by atoms with Gasteiger partial charge in [-0.05, 0) is 30.9 Å². The Labute approximate surface area is 168 Å².